The van der Waals surface area contributed by atoms with Crippen molar-refractivity contribution in [2.75, 3.05) is 26.2 Å². The van der Waals surface area contributed by atoms with Crippen molar-refractivity contribution in [1.82, 2.24) is 20.9 Å². The van der Waals surface area contributed by atoms with E-state index in [0.29, 0.717) is 18.8 Å². The van der Waals surface area contributed by atoms with Crippen molar-refractivity contribution in [2.24, 2.45) is 4.99 Å². The van der Waals surface area contributed by atoms with E-state index in [1.165, 1.54) is 6.26 Å². The van der Waals surface area contributed by atoms with Gasteiger partial charge in [-0.15, -0.1) is 0 Å². The normalized spacial score (nSPS) is 11.2. The highest BCUT2D eigenvalue weighted by molar-refractivity contribution is 5.92. The van der Waals surface area contributed by atoms with Crippen LogP contribution in [0.4, 0.5) is 0 Å². The van der Waals surface area contributed by atoms with Gasteiger partial charge in [-0.05, 0) is 38.5 Å². The third kappa shape index (κ3) is 6.58. The molecule has 0 aliphatic rings. The SMILES string of the molecule is CCNC(=NCCCNC(=O)c1occc1C)NCCc1ccccn1. The highest BCUT2D eigenvalue weighted by atomic mass is 16.3. The van der Waals surface area contributed by atoms with Crippen LogP contribution in [0.15, 0.2) is 46.1 Å². The number of carbonyl (C=O) groups excluding carboxylic acids is 1. The van der Waals surface area contributed by atoms with E-state index in [1.807, 2.05) is 32.0 Å². The van der Waals surface area contributed by atoms with E-state index >= 15 is 0 Å². The van der Waals surface area contributed by atoms with Crippen molar-refractivity contribution in [1.29, 1.82) is 0 Å². The van der Waals surface area contributed by atoms with Crippen molar-refractivity contribution in [2.45, 2.75) is 26.7 Å². The second-order valence-electron chi connectivity index (χ2n) is 5.80. The van der Waals surface area contributed by atoms with Gasteiger partial charge in [0.25, 0.3) is 5.91 Å². The van der Waals surface area contributed by atoms with Gasteiger partial charge in [-0.2, -0.15) is 0 Å². The molecule has 0 radical (unpaired) electrons. The van der Waals surface area contributed by atoms with E-state index in [0.717, 1.165) is 43.1 Å². The van der Waals surface area contributed by atoms with E-state index < -0.39 is 0 Å². The molecule has 26 heavy (non-hydrogen) atoms. The van der Waals surface area contributed by atoms with Crippen LogP contribution in [-0.2, 0) is 6.42 Å². The number of aliphatic imine (C=N–C) groups is 1. The number of furan rings is 1. The van der Waals surface area contributed by atoms with E-state index in [4.69, 9.17) is 4.42 Å². The van der Waals surface area contributed by atoms with Crippen molar-refractivity contribution < 1.29 is 9.21 Å². The van der Waals surface area contributed by atoms with Gasteiger partial charge in [-0.3, -0.25) is 14.8 Å². The standard InChI is InChI=1S/C19H27N5O2/c1-3-20-19(24-13-8-16-7-4-5-10-21-16)23-12-6-11-22-18(25)17-15(2)9-14-26-17/h4-5,7,9-10,14H,3,6,8,11-13H2,1-2H3,(H,22,25)(H2,20,23,24). The lowest BCUT2D eigenvalue weighted by atomic mass is 10.2. The summed E-state index contributed by atoms with van der Waals surface area (Å²) >= 11 is 0. The Kier molecular flexibility index (Phi) is 8.18. The number of nitrogens with one attached hydrogen (secondary N) is 3. The number of hydrogen-bond donors (Lipinski definition) is 3. The molecule has 0 aromatic carbocycles. The van der Waals surface area contributed by atoms with Gasteiger partial charge in [0, 0.05) is 50.1 Å². The molecule has 0 bridgehead atoms. The monoisotopic (exact) mass is 357 g/mol. The molecule has 2 aromatic rings. The predicted molar refractivity (Wildman–Crippen MR) is 102 cm³/mol. The third-order valence-electron chi connectivity index (χ3n) is 3.70. The number of carbonyl (C=O) groups is 1. The maximum absolute atomic E-state index is 11.9. The first kappa shape index (κ1) is 19.5. The van der Waals surface area contributed by atoms with Gasteiger partial charge in [0.05, 0.1) is 6.26 Å². The first-order valence-corrected chi connectivity index (χ1v) is 8.95. The molecule has 2 aromatic heterocycles. The Balaban J connectivity index is 1.67. The Morgan fingerprint density at radius 1 is 1.19 bits per heavy atom. The molecule has 1 amide bonds. The molecule has 0 fully saturated rings. The summed E-state index contributed by atoms with van der Waals surface area (Å²) in [5.74, 6) is 0.964. The van der Waals surface area contributed by atoms with Gasteiger partial charge < -0.3 is 20.4 Å². The number of aromatic nitrogens is 1. The summed E-state index contributed by atoms with van der Waals surface area (Å²) in [6, 6.07) is 7.68. The van der Waals surface area contributed by atoms with Crippen LogP contribution in [0.25, 0.3) is 0 Å². The Hall–Kier alpha value is -2.83. The van der Waals surface area contributed by atoms with Crippen molar-refractivity contribution in [3.8, 4) is 0 Å². The molecule has 0 spiro atoms. The molecule has 0 saturated carbocycles. The molecule has 7 heteroatoms. The molecule has 0 aliphatic carbocycles. The fraction of sp³-hybridized carbons (Fsp3) is 0.421. The molecule has 140 valence electrons. The Morgan fingerprint density at radius 3 is 2.77 bits per heavy atom. The molecule has 0 saturated heterocycles. The smallest absolute Gasteiger partial charge is 0.287 e. The Bertz CT molecular complexity index is 697. The summed E-state index contributed by atoms with van der Waals surface area (Å²) in [4.78, 5) is 20.8. The molecule has 7 nitrogen and oxygen atoms in total. The van der Waals surface area contributed by atoms with Gasteiger partial charge >= 0.3 is 0 Å². The first-order valence-electron chi connectivity index (χ1n) is 8.95. The Morgan fingerprint density at radius 2 is 2.08 bits per heavy atom. The van der Waals surface area contributed by atoms with Crippen LogP contribution in [0.1, 0.15) is 35.2 Å². The average molecular weight is 357 g/mol. The minimum Gasteiger partial charge on any atom is -0.459 e. The molecule has 0 atom stereocenters. The number of guanidine groups is 1. The first-order chi connectivity index (χ1) is 12.7. The lowest BCUT2D eigenvalue weighted by Gasteiger charge is -2.11. The third-order valence-corrected chi connectivity index (χ3v) is 3.70. The van der Waals surface area contributed by atoms with Crippen LogP contribution < -0.4 is 16.0 Å². The summed E-state index contributed by atoms with van der Waals surface area (Å²) in [5.41, 5.74) is 1.89. The van der Waals surface area contributed by atoms with E-state index in [-0.39, 0.29) is 5.91 Å². The topological polar surface area (TPSA) is 91.5 Å². The van der Waals surface area contributed by atoms with Gasteiger partial charge in [-0.25, -0.2) is 0 Å². The van der Waals surface area contributed by atoms with Crippen LogP contribution in [-0.4, -0.2) is 43.0 Å². The minimum absolute atomic E-state index is 0.183. The fourth-order valence-corrected chi connectivity index (χ4v) is 2.35. The molecule has 0 unspecified atom stereocenters. The van der Waals surface area contributed by atoms with Gasteiger partial charge in [0.15, 0.2) is 11.7 Å². The number of pyridine rings is 1. The zero-order chi connectivity index (χ0) is 18.6. The molecular weight excluding hydrogens is 330 g/mol. The van der Waals surface area contributed by atoms with Crippen molar-refractivity contribution in [3.05, 3.63) is 53.7 Å². The van der Waals surface area contributed by atoms with Crippen LogP contribution in [0.2, 0.25) is 0 Å². The lowest BCUT2D eigenvalue weighted by molar-refractivity contribution is 0.0925. The second kappa shape index (κ2) is 10.9. The molecule has 3 N–H and O–H groups in total. The number of nitrogens with zero attached hydrogens (tertiary/aromatic N) is 2. The fourth-order valence-electron chi connectivity index (χ4n) is 2.35. The largest absolute Gasteiger partial charge is 0.459 e. The predicted octanol–water partition coefficient (Wildman–Crippen LogP) is 1.90. The number of hydrogen-bond acceptors (Lipinski definition) is 4. The summed E-state index contributed by atoms with van der Waals surface area (Å²) in [6.45, 7) is 6.61. The summed E-state index contributed by atoms with van der Waals surface area (Å²) in [6.07, 6.45) is 4.91. The van der Waals surface area contributed by atoms with Crippen LogP contribution in [0.5, 0.6) is 0 Å². The average Bonchev–Trinajstić information content (AvgIpc) is 3.08. The maximum Gasteiger partial charge on any atom is 0.287 e. The number of amides is 1. The van der Waals surface area contributed by atoms with Crippen LogP contribution in [0.3, 0.4) is 0 Å². The molecular formula is C19H27N5O2. The van der Waals surface area contributed by atoms with Crippen LogP contribution in [0, 0.1) is 6.92 Å². The van der Waals surface area contributed by atoms with Gasteiger partial charge in [-0.1, -0.05) is 6.07 Å². The van der Waals surface area contributed by atoms with E-state index in [1.54, 1.807) is 12.3 Å². The zero-order valence-corrected chi connectivity index (χ0v) is 15.4. The van der Waals surface area contributed by atoms with Crippen molar-refractivity contribution >= 4 is 11.9 Å². The van der Waals surface area contributed by atoms with Crippen molar-refractivity contribution in [3.63, 3.8) is 0 Å². The highest BCUT2D eigenvalue weighted by Crippen LogP contribution is 2.07. The second-order valence-corrected chi connectivity index (χ2v) is 5.80. The Labute approximate surface area is 154 Å². The van der Waals surface area contributed by atoms with Gasteiger partial charge in [0.2, 0.25) is 0 Å². The summed E-state index contributed by atoms with van der Waals surface area (Å²) in [7, 11) is 0. The number of rotatable bonds is 9. The molecule has 2 heterocycles. The minimum atomic E-state index is -0.183. The van der Waals surface area contributed by atoms with E-state index in [9.17, 15) is 4.79 Å². The van der Waals surface area contributed by atoms with Gasteiger partial charge in [0.1, 0.15) is 0 Å². The lowest BCUT2D eigenvalue weighted by Crippen LogP contribution is -2.38. The molecule has 0 aliphatic heterocycles. The maximum atomic E-state index is 11.9. The number of aryl methyl sites for hydroxylation is 1. The summed E-state index contributed by atoms with van der Waals surface area (Å²) in [5, 5.41) is 9.36. The quantitative estimate of drug-likeness (QED) is 0.362. The molecule has 2 rings (SSSR count). The van der Waals surface area contributed by atoms with E-state index in [2.05, 4.69) is 25.9 Å². The zero-order valence-electron chi connectivity index (χ0n) is 15.4. The van der Waals surface area contributed by atoms with Crippen LogP contribution >= 0.6 is 0 Å². The summed E-state index contributed by atoms with van der Waals surface area (Å²) < 4.78 is 5.17. The highest BCUT2D eigenvalue weighted by Gasteiger charge is 2.11.